The second-order valence-electron chi connectivity index (χ2n) is 7.70. The lowest BCUT2D eigenvalue weighted by molar-refractivity contribution is -0.130. The SMILES string of the molecule is COC(=O)c1cc(CN(CC2CCNCC2)C(C)=O)cc(-c2cccc(C#N)c2)c1. The van der Waals surface area contributed by atoms with Crippen molar-refractivity contribution in [1.82, 2.24) is 10.2 Å². The maximum absolute atomic E-state index is 12.3. The van der Waals surface area contributed by atoms with Gasteiger partial charge in [-0.15, -0.1) is 0 Å². The Hall–Kier alpha value is -3.17. The summed E-state index contributed by atoms with van der Waals surface area (Å²) in [6.45, 7) is 4.68. The lowest BCUT2D eigenvalue weighted by Gasteiger charge is -2.29. The number of nitriles is 1. The van der Waals surface area contributed by atoms with Crippen molar-refractivity contribution >= 4 is 11.9 Å². The molecule has 1 saturated heterocycles. The molecular formula is C24H27N3O3. The summed E-state index contributed by atoms with van der Waals surface area (Å²) in [5, 5.41) is 12.6. The average molecular weight is 405 g/mol. The first-order chi connectivity index (χ1) is 14.5. The van der Waals surface area contributed by atoms with Gasteiger partial charge in [0.05, 0.1) is 24.3 Å². The highest BCUT2D eigenvalue weighted by Gasteiger charge is 2.20. The number of esters is 1. The molecule has 1 heterocycles. The van der Waals surface area contributed by atoms with Gasteiger partial charge in [-0.25, -0.2) is 4.79 Å². The van der Waals surface area contributed by atoms with Gasteiger partial charge in [0, 0.05) is 20.0 Å². The Morgan fingerprint density at radius 1 is 1.17 bits per heavy atom. The number of carbonyl (C=O) groups excluding carboxylic acids is 2. The van der Waals surface area contributed by atoms with Crippen molar-refractivity contribution in [3.8, 4) is 17.2 Å². The van der Waals surface area contributed by atoms with Crippen molar-refractivity contribution in [2.24, 2.45) is 5.92 Å². The molecule has 156 valence electrons. The van der Waals surface area contributed by atoms with E-state index < -0.39 is 5.97 Å². The molecule has 0 bridgehead atoms. The lowest BCUT2D eigenvalue weighted by atomic mass is 9.96. The number of hydrogen-bond donors (Lipinski definition) is 1. The molecule has 0 atom stereocenters. The summed E-state index contributed by atoms with van der Waals surface area (Å²) in [7, 11) is 1.35. The number of rotatable bonds is 6. The van der Waals surface area contributed by atoms with E-state index in [-0.39, 0.29) is 5.91 Å². The molecule has 0 saturated carbocycles. The van der Waals surface area contributed by atoms with Crippen LogP contribution in [0.5, 0.6) is 0 Å². The molecule has 3 rings (SSSR count). The van der Waals surface area contributed by atoms with Crippen LogP contribution in [0.4, 0.5) is 0 Å². The van der Waals surface area contributed by atoms with Gasteiger partial charge in [0.15, 0.2) is 0 Å². The number of carbonyl (C=O) groups is 2. The summed E-state index contributed by atoms with van der Waals surface area (Å²) in [5.41, 5.74) is 3.50. The predicted octanol–water partition coefficient (Wildman–Crippen LogP) is 3.36. The van der Waals surface area contributed by atoms with E-state index in [2.05, 4.69) is 11.4 Å². The topological polar surface area (TPSA) is 82.4 Å². The minimum Gasteiger partial charge on any atom is -0.465 e. The predicted molar refractivity (Wildman–Crippen MR) is 115 cm³/mol. The first-order valence-electron chi connectivity index (χ1n) is 10.2. The number of benzene rings is 2. The van der Waals surface area contributed by atoms with Gasteiger partial charge in [-0.05, 0) is 78.9 Å². The Labute approximate surface area is 177 Å². The molecule has 6 nitrogen and oxygen atoms in total. The zero-order valence-electron chi connectivity index (χ0n) is 17.5. The maximum atomic E-state index is 12.3. The van der Waals surface area contributed by atoms with Crippen molar-refractivity contribution in [2.75, 3.05) is 26.7 Å². The summed E-state index contributed by atoms with van der Waals surface area (Å²) in [6.07, 6.45) is 2.11. The number of amides is 1. The molecule has 2 aromatic rings. The highest BCUT2D eigenvalue weighted by atomic mass is 16.5. The fourth-order valence-corrected chi connectivity index (χ4v) is 3.85. The van der Waals surface area contributed by atoms with Crippen LogP contribution in [0.15, 0.2) is 42.5 Å². The van der Waals surface area contributed by atoms with Crippen LogP contribution in [0.1, 0.15) is 41.3 Å². The molecule has 30 heavy (non-hydrogen) atoms. The lowest BCUT2D eigenvalue weighted by Crippen LogP contribution is -2.38. The molecule has 1 N–H and O–H groups in total. The third-order valence-corrected chi connectivity index (χ3v) is 5.49. The van der Waals surface area contributed by atoms with Crippen molar-refractivity contribution < 1.29 is 14.3 Å². The van der Waals surface area contributed by atoms with Gasteiger partial charge in [-0.2, -0.15) is 5.26 Å². The van der Waals surface area contributed by atoms with E-state index in [1.807, 2.05) is 23.1 Å². The molecule has 1 aliphatic rings. The van der Waals surface area contributed by atoms with E-state index in [1.54, 1.807) is 31.2 Å². The average Bonchev–Trinajstić information content (AvgIpc) is 2.78. The Kier molecular flexibility index (Phi) is 7.21. The van der Waals surface area contributed by atoms with Gasteiger partial charge >= 0.3 is 5.97 Å². The van der Waals surface area contributed by atoms with Crippen LogP contribution in [0.3, 0.4) is 0 Å². The second-order valence-corrected chi connectivity index (χ2v) is 7.70. The van der Waals surface area contributed by atoms with Crippen LogP contribution in [0.25, 0.3) is 11.1 Å². The highest BCUT2D eigenvalue weighted by molar-refractivity contribution is 5.91. The zero-order chi connectivity index (χ0) is 21.5. The minimum atomic E-state index is -0.428. The number of methoxy groups -OCH3 is 1. The normalized spacial score (nSPS) is 14.0. The number of nitrogens with zero attached hydrogens (tertiary/aromatic N) is 2. The van der Waals surface area contributed by atoms with Gasteiger partial charge in [-0.1, -0.05) is 12.1 Å². The first kappa shape index (κ1) is 21.5. The number of hydrogen-bond acceptors (Lipinski definition) is 5. The van der Waals surface area contributed by atoms with Gasteiger partial charge in [0.1, 0.15) is 0 Å². The standard InChI is InChI=1S/C24H27N3O3/c1-17(28)27(15-18-6-8-26-9-7-18)16-20-11-22(13-23(12-20)24(29)30-2)21-5-3-4-19(10-21)14-25/h3-5,10-13,18,26H,6-9,15-16H2,1-2H3. The quantitative estimate of drug-likeness (QED) is 0.745. The maximum Gasteiger partial charge on any atom is 0.337 e. The molecule has 2 aromatic carbocycles. The fourth-order valence-electron chi connectivity index (χ4n) is 3.85. The van der Waals surface area contributed by atoms with E-state index >= 15 is 0 Å². The largest absolute Gasteiger partial charge is 0.465 e. The van der Waals surface area contributed by atoms with Crippen LogP contribution in [0, 0.1) is 17.2 Å². The van der Waals surface area contributed by atoms with Crippen molar-refractivity contribution in [2.45, 2.75) is 26.3 Å². The van der Waals surface area contributed by atoms with Crippen molar-refractivity contribution in [3.63, 3.8) is 0 Å². The van der Waals surface area contributed by atoms with Crippen LogP contribution in [-0.4, -0.2) is 43.5 Å². The first-order valence-corrected chi connectivity index (χ1v) is 10.2. The summed E-state index contributed by atoms with van der Waals surface area (Å²) < 4.78 is 4.92. The Balaban J connectivity index is 1.92. The van der Waals surface area contributed by atoms with Gasteiger partial charge < -0.3 is 15.0 Å². The van der Waals surface area contributed by atoms with E-state index in [4.69, 9.17) is 4.74 Å². The summed E-state index contributed by atoms with van der Waals surface area (Å²) in [6, 6.07) is 14.9. The van der Waals surface area contributed by atoms with Crippen LogP contribution in [0.2, 0.25) is 0 Å². The molecule has 1 fully saturated rings. The molecule has 0 unspecified atom stereocenters. The molecule has 0 spiro atoms. The Bertz CT molecular complexity index is 958. The third kappa shape index (κ3) is 5.46. The van der Waals surface area contributed by atoms with E-state index in [9.17, 15) is 14.9 Å². The minimum absolute atomic E-state index is 0.0185. The van der Waals surface area contributed by atoms with Crippen molar-refractivity contribution in [1.29, 1.82) is 5.26 Å². The third-order valence-electron chi connectivity index (χ3n) is 5.49. The molecule has 1 aliphatic heterocycles. The summed E-state index contributed by atoms with van der Waals surface area (Å²) in [5.74, 6) is 0.0676. The van der Waals surface area contributed by atoms with E-state index in [1.165, 1.54) is 7.11 Å². The molecule has 0 aliphatic carbocycles. The van der Waals surface area contributed by atoms with E-state index in [0.29, 0.717) is 30.1 Å². The zero-order valence-corrected chi connectivity index (χ0v) is 17.5. The monoisotopic (exact) mass is 405 g/mol. The van der Waals surface area contributed by atoms with Gasteiger partial charge in [0.2, 0.25) is 5.91 Å². The fraction of sp³-hybridized carbons (Fsp3) is 0.375. The Morgan fingerprint density at radius 2 is 1.93 bits per heavy atom. The molecule has 1 amide bonds. The van der Waals surface area contributed by atoms with Gasteiger partial charge in [0.25, 0.3) is 0 Å². The Morgan fingerprint density at radius 3 is 2.60 bits per heavy atom. The van der Waals surface area contributed by atoms with Gasteiger partial charge in [-0.3, -0.25) is 4.79 Å². The molecule has 0 radical (unpaired) electrons. The second kappa shape index (κ2) is 10.0. The summed E-state index contributed by atoms with van der Waals surface area (Å²) >= 11 is 0. The molecule has 0 aromatic heterocycles. The van der Waals surface area contributed by atoms with Crippen LogP contribution >= 0.6 is 0 Å². The van der Waals surface area contributed by atoms with Crippen LogP contribution in [-0.2, 0) is 16.1 Å². The summed E-state index contributed by atoms with van der Waals surface area (Å²) in [4.78, 5) is 26.4. The van der Waals surface area contributed by atoms with Crippen LogP contribution < -0.4 is 5.32 Å². The number of piperidine rings is 1. The number of ether oxygens (including phenoxy) is 1. The molecular weight excluding hydrogens is 378 g/mol. The smallest absolute Gasteiger partial charge is 0.337 e. The number of nitrogens with one attached hydrogen (secondary N) is 1. The van der Waals surface area contributed by atoms with Crippen molar-refractivity contribution in [3.05, 3.63) is 59.2 Å². The molecule has 6 heteroatoms. The highest BCUT2D eigenvalue weighted by Crippen LogP contribution is 2.25. The van der Waals surface area contributed by atoms with E-state index in [0.717, 1.165) is 42.6 Å².